The number of aromatic nitrogens is 2. The largest absolute Gasteiger partial charge is 0.472 e. The Hall–Kier alpha value is -1.82. The maximum Gasteiger partial charge on any atom is 0.315 e. The van der Waals surface area contributed by atoms with E-state index in [0.717, 1.165) is 18.5 Å². The van der Waals surface area contributed by atoms with Gasteiger partial charge in [0.1, 0.15) is 0 Å². The summed E-state index contributed by atoms with van der Waals surface area (Å²) in [5, 5.41) is 14.0. The molecule has 0 spiro atoms. The normalized spacial score (nSPS) is 10.6. The molecule has 0 aliphatic carbocycles. The van der Waals surface area contributed by atoms with E-state index in [1.54, 1.807) is 12.5 Å². The van der Waals surface area contributed by atoms with E-state index in [1.807, 2.05) is 6.07 Å². The third-order valence-electron chi connectivity index (χ3n) is 2.19. The Kier molecular flexibility index (Phi) is 4.15. The zero-order valence-electron chi connectivity index (χ0n) is 9.77. The van der Waals surface area contributed by atoms with Crippen LogP contribution in [0, 0.1) is 0 Å². The van der Waals surface area contributed by atoms with Crippen molar-refractivity contribution in [3.63, 3.8) is 0 Å². The standard InChI is InChI=1S/C11H16N4O2/c1-2-4-12-7-10-14-15-11(17-10)13-6-9-3-5-16-8-9/h3,5,8,12H,2,4,6-7H2,1H3,(H,13,15). The lowest BCUT2D eigenvalue weighted by Crippen LogP contribution is -2.13. The van der Waals surface area contributed by atoms with Crippen LogP contribution in [0.2, 0.25) is 0 Å². The summed E-state index contributed by atoms with van der Waals surface area (Å²) in [7, 11) is 0. The molecule has 2 aromatic heterocycles. The van der Waals surface area contributed by atoms with Gasteiger partial charge in [-0.05, 0) is 19.0 Å². The minimum Gasteiger partial charge on any atom is -0.472 e. The number of nitrogens with zero attached hydrogens (tertiary/aromatic N) is 2. The molecular weight excluding hydrogens is 220 g/mol. The van der Waals surface area contributed by atoms with Gasteiger partial charge in [-0.3, -0.25) is 0 Å². The van der Waals surface area contributed by atoms with Gasteiger partial charge in [-0.15, -0.1) is 5.10 Å². The van der Waals surface area contributed by atoms with Crippen LogP contribution in [0.5, 0.6) is 0 Å². The van der Waals surface area contributed by atoms with E-state index in [0.29, 0.717) is 25.0 Å². The van der Waals surface area contributed by atoms with E-state index in [4.69, 9.17) is 8.83 Å². The third kappa shape index (κ3) is 3.60. The highest BCUT2D eigenvalue weighted by Gasteiger charge is 2.05. The van der Waals surface area contributed by atoms with Gasteiger partial charge in [-0.1, -0.05) is 12.0 Å². The zero-order valence-corrected chi connectivity index (χ0v) is 9.77. The zero-order chi connectivity index (χ0) is 11.9. The Balaban J connectivity index is 1.77. The van der Waals surface area contributed by atoms with Gasteiger partial charge in [0.25, 0.3) is 0 Å². The topological polar surface area (TPSA) is 76.1 Å². The fraction of sp³-hybridized carbons (Fsp3) is 0.455. The maximum atomic E-state index is 5.40. The highest BCUT2D eigenvalue weighted by molar-refractivity contribution is 5.20. The molecule has 0 aliphatic heterocycles. The molecule has 6 nitrogen and oxygen atoms in total. The third-order valence-corrected chi connectivity index (χ3v) is 2.19. The lowest BCUT2D eigenvalue weighted by atomic mass is 10.3. The van der Waals surface area contributed by atoms with Crippen LogP contribution in [0.15, 0.2) is 27.4 Å². The first kappa shape index (κ1) is 11.7. The molecule has 0 unspecified atom stereocenters. The fourth-order valence-corrected chi connectivity index (χ4v) is 1.34. The summed E-state index contributed by atoms with van der Waals surface area (Å²) in [6.45, 7) is 4.27. The van der Waals surface area contributed by atoms with Gasteiger partial charge in [0.2, 0.25) is 5.89 Å². The molecule has 0 amide bonds. The highest BCUT2D eigenvalue weighted by atomic mass is 16.4. The Morgan fingerprint density at radius 2 is 2.24 bits per heavy atom. The molecule has 0 fully saturated rings. The molecule has 0 bridgehead atoms. The minimum absolute atomic E-state index is 0.430. The monoisotopic (exact) mass is 236 g/mol. The average Bonchev–Trinajstić information content (AvgIpc) is 2.98. The molecule has 6 heteroatoms. The van der Waals surface area contributed by atoms with Gasteiger partial charge in [-0.2, -0.15) is 0 Å². The van der Waals surface area contributed by atoms with Crippen LogP contribution < -0.4 is 10.6 Å². The van der Waals surface area contributed by atoms with Gasteiger partial charge in [0.05, 0.1) is 19.1 Å². The van der Waals surface area contributed by atoms with Crippen molar-refractivity contribution in [1.82, 2.24) is 15.5 Å². The van der Waals surface area contributed by atoms with Crippen LogP contribution in [-0.4, -0.2) is 16.7 Å². The summed E-state index contributed by atoms with van der Waals surface area (Å²) >= 11 is 0. The molecule has 0 atom stereocenters. The Labute approximate surface area is 99.4 Å². The first-order valence-electron chi connectivity index (χ1n) is 5.66. The molecule has 17 heavy (non-hydrogen) atoms. The van der Waals surface area contributed by atoms with Crippen LogP contribution in [0.1, 0.15) is 24.8 Å². The molecule has 2 heterocycles. The number of hydrogen-bond acceptors (Lipinski definition) is 6. The lowest BCUT2D eigenvalue weighted by molar-refractivity contribution is 0.476. The summed E-state index contributed by atoms with van der Waals surface area (Å²) in [6, 6.07) is 2.31. The number of furan rings is 1. The smallest absolute Gasteiger partial charge is 0.315 e. The van der Waals surface area contributed by atoms with E-state index in [2.05, 4.69) is 27.8 Å². The summed E-state index contributed by atoms with van der Waals surface area (Å²) in [5.74, 6) is 0.591. The van der Waals surface area contributed by atoms with Gasteiger partial charge in [0, 0.05) is 12.1 Å². The van der Waals surface area contributed by atoms with Crippen molar-refractivity contribution in [3.8, 4) is 0 Å². The molecule has 0 radical (unpaired) electrons. The van der Waals surface area contributed by atoms with Crippen LogP contribution >= 0.6 is 0 Å². The molecular formula is C11H16N4O2. The van der Waals surface area contributed by atoms with Gasteiger partial charge >= 0.3 is 6.01 Å². The summed E-state index contributed by atoms with van der Waals surface area (Å²) in [5.41, 5.74) is 1.04. The van der Waals surface area contributed by atoms with Crippen molar-refractivity contribution in [2.24, 2.45) is 0 Å². The lowest BCUT2D eigenvalue weighted by Gasteiger charge is -1.98. The fourth-order valence-electron chi connectivity index (χ4n) is 1.34. The van der Waals surface area contributed by atoms with Crippen molar-refractivity contribution in [1.29, 1.82) is 0 Å². The van der Waals surface area contributed by atoms with E-state index in [-0.39, 0.29) is 0 Å². The maximum absolute atomic E-state index is 5.40. The molecule has 92 valence electrons. The Bertz CT molecular complexity index is 424. The van der Waals surface area contributed by atoms with Crippen molar-refractivity contribution < 1.29 is 8.83 Å². The average molecular weight is 236 g/mol. The van der Waals surface area contributed by atoms with E-state index >= 15 is 0 Å². The molecule has 2 N–H and O–H groups in total. The van der Waals surface area contributed by atoms with Crippen molar-refractivity contribution >= 4 is 6.01 Å². The number of nitrogens with one attached hydrogen (secondary N) is 2. The van der Waals surface area contributed by atoms with Crippen LogP contribution in [-0.2, 0) is 13.1 Å². The highest BCUT2D eigenvalue weighted by Crippen LogP contribution is 2.08. The Morgan fingerprint density at radius 3 is 3.00 bits per heavy atom. The molecule has 2 aromatic rings. The van der Waals surface area contributed by atoms with Gasteiger partial charge < -0.3 is 19.5 Å². The van der Waals surface area contributed by atoms with Crippen LogP contribution in [0.25, 0.3) is 0 Å². The Morgan fingerprint density at radius 1 is 1.29 bits per heavy atom. The second-order valence-electron chi connectivity index (χ2n) is 3.66. The number of anilines is 1. The van der Waals surface area contributed by atoms with Gasteiger partial charge in [0.15, 0.2) is 0 Å². The second-order valence-corrected chi connectivity index (χ2v) is 3.66. The summed E-state index contributed by atoms with van der Waals surface area (Å²) in [4.78, 5) is 0. The van der Waals surface area contributed by atoms with E-state index in [9.17, 15) is 0 Å². The number of hydrogen-bond donors (Lipinski definition) is 2. The van der Waals surface area contributed by atoms with Crippen LogP contribution in [0.4, 0.5) is 6.01 Å². The summed E-state index contributed by atoms with van der Waals surface area (Å²) < 4.78 is 10.4. The quantitative estimate of drug-likeness (QED) is 0.713. The predicted molar refractivity (Wildman–Crippen MR) is 62.3 cm³/mol. The minimum atomic E-state index is 0.430. The second kappa shape index (κ2) is 6.05. The van der Waals surface area contributed by atoms with Crippen LogP contribution in [0.3, 0.4) is 0 Å². The number of rotatable bonds is 7. The first-order valence-corrected chi connectivity index (χ1v) is 5.66. The van der Waals surface area contributed by atoms with E-state index < -0.39 is 0 Å². The van der Waals surface area contributed by atoms with Gasteiger partial charge in [-0.25, -0.2) is 0 Å². The van der Waals surface area contributed by atoms with E-state index in [1.165, 1.54) is 0 Å². The molecule has 0 saturated carbocycles. The molecule has 0 aliphatic rings. The molecule has 0 aromatic carbocycles. The first-order chi connectivity index (χ1) is 8.38. The SMILES string of the molecule is CCCNCc1nnc(NCc2ccoc2)o1. The molecule has 0 saturated heterocycles. The van der Waals surface area contributed by atoms with Crippen molar-refractivity contribution in [2.75, 3.05) is 11.9 Å². The summed E-state index contributed by atoms with van der Waals surface area (Å²) in [6.07, 6.45) is 4.39. The molecule has 2 rings (SSSR count). The van der Waals surface area contributed by atoms with Crippen molar-refractivity contribution in [3.05, 3.63) is 30.0 Å². The predicted octanol–water partition coefficient (Wildman–Crippen LogP) is 1.77. The van der Waals surface area contributed by atoms with Crippen molar-refractivity contribution in [2.45, 2.75) is 26.4 Å².